The average molecular weight is 252 g/mol. The van der Waals surface area contributed by atoms with Crippen LogP contribution in [0, 0.1) is 5.82 Å². The third-order valence-corrected chi connectivity index (χ3v) is 2.79. The SMILES string of the molecule is O=C(CNC[C@H]1CCCO1)Nc1cccc(F)c1. The zero-order valence-corrected chi connectivity index (χ0v) is 10.1. The van der Waals surface area contributed by atoms with Crippen molar-refractivity contribution in [1.82, 2.24) is 5.32 Å². The molecular formula is C13H17FN2O2. The van der Waals surface area contributed by atoms with Crippen LogP contribution in [0.15, 0.2) is 24.3 Å². The van der Waals surface area contributed by atoms with Gasteiger partial charge in [0, 0.05) is 18.8 Å². The molecule has 18 heavy (non-hydrogen) atoms. The van der Waals surface area contributed by atoms with Crippen molar-refractivity contribution in [3.05, 3.63) is 30.1 Å². The van der Waals surface area contributed by atoms with Gasteiger partial charge < -0.3 is 15.4 Å². The second kappa shape index (κ2) is 6.47. The lowest BCUT2D eigenvalue weighted by Crippen LogP contribution is -2.33. The number of amides is 1. The van der Waals surface area contributed by atoms with Gasteiger partial charge in [0.1, 0.15) is 5.82 Å². The second-order valence-electron chi connectivity index (χ2n) is 4.32. The van der Waals surface area contributed by atoms with Crippen LogP contribution in [0.25, 0.3) is 0 Å². The number of ether oxygens (including phenoxy) is 1. The van der Waals surface area contributed by atoms with Crippen LogP contribution in [0.5, 0.6) is 0 Å². The molecule has 1 fully saturated rings. The van der Waals surface area contributed by atoms with E-state index in [1.807, 2.05) is 0 Å². The first-order valence-corrected chi connectivity index (χ1v) is 6.12. The maximum atomic E-state index is 12.9. The zero-order valence-electron chi connectivity index (χ0n) is 10.1. The molecule has 1 aromatic carbocycles. The number of halogens is 1. The Morgan fingerprint density at radius 1 is 1.50 bits per heavy atom. The molecule has 2 rings (SSSR count). The Bertz CT molecular complexity index is 406. The summed E-state index contributed by atoms with van der Waals surface area (Å²) >= 11 is 0. The van der Waals surface area contributed by atoms with Crippen LogP contribution in [-0.2, 0) is 9.53 Å². The standard InChI is InChI=1S/C13H17FN2O2/c14-10-3-1-4-11(7-10)16-13(17)9-15-8-12-5-2-6-18-12/h1,3-4,7,12,15H,2,5-6,8-9H2,(H,16,17)/t12-/m1/s1. The van der Waals surface area contributed by atoms with E-state index in [-0.39, 0.29) is 24.4 Å². The lowest BCUT2D eigenvalue weighted by Gasteiger charge is -2.10. The van der Waals surface area contributed by atoms with Crippen LogP contribution in [0.2, 0.25) is 0 Å². The normalized spacial score (nSPS) is 18.8. The van der Waals surface area contributed by atoms with Crippen molar-refractivity contribution < 1.29 is 13.9 Å². The van der Waals surface area contributed by atoms with E-state index in [1.54, 1.807) is 12.1 Å². The molecule has 1 aromatic rings. The van der Waals surface area contributed by atoms with Crippen LogP contribution >= 0.6 is 0 Å². The van der Waals surface area contributed by atoms with Gasteiger partial charge in [0.15, 0.2) is 0 Å². The summed E-state index contributed by atoms with van der Waals surface area (Å²) in [5, 5.41) is 5.66. The molecule has 1 amide bonds. The van der Waals surface area contributed by atoms with Crippen molar-refractivity contribution in [3.8, 4) is 0 Å². The van der Waals surface area contributed by atoms with E-state index in [9.17, 15) is 9.18 Å². The fourth-order valence-corrected chi connectivity index (χ4v) is 1.92. The van der Waals surface area contributed by atoms with Gasteiger partial charge in [0.25, 0.3) is 0 Å². The number of rotatable bonds is 5. The van der Waals surface area contributed by atoms with E-state index < -0.39 is 0 Å². The molecule has 0 spiro atoms. The third-order valence-electron chi connectivity index (χ3n) is 2.79. The highest BCUT2D eigenvalue weighted by atomic mass is 19.1. The lowest BCUT2D eigenvalue weighted by molar-refractivity contribution is -0.115. The summed E-state index contributed by atoms with van der Waals surface area (Å²) in [7, 11) is 0. The molecule has 1 atom stereocenters. The Labute approximate surface area is 106 Å². The van der Waals surface area contributed by atoms with E-state index in [4.69, 9.17) is 4.74 Å². The van der Waals surface area contributed by atoms with Crippen LogP contribution in [-0.4, -0.2) is 31.7 Å². The summed E-state index contributed by atoms with van der Waals surface area (Å²) in [5.74, 6) is -0.543. The largest absolute Gasteiger partial charge is 0.377 e. The summed E-state index contributed by atoms with van der Waals surface area (Å²) < 4.78 is 18.3. The second-order valence-corrected chi connectivity index (χ2v) is 4.32. The van der Waals surface area contributed by atoms with E-state index >= 15 is 0 Å². The Hall–Kier alpha value is -1.46. The third kappa shape index (κ3) is 4.09. The number of hydrogen-bond donors (Lipinski definition) is 2. The Morgan fingerprint density at radius 2 is 2.39 bits per heavy atom. The minimum atomic E-state index is -0.361. The average Bonchev–Trinajstić information content (AvgIpc) is 2.82. The van der Waals surface area contributed by atoms with Crippen LogP contribution in [0.4, 0.5) is 10.1 Å². The number of carbonyl (C=O) groups excluding carboxylic acids is 1. The van der Waals surface area contributed by atoms with Gasteiger partial charge in [-0.15, -0.1) is 0 Å². The maximum Gasteiger partial charge on any atom is 0.238 e. The quantitative estimate of drug-likeness (QED) is 0.835. The van der Waals surface area contributed by atoms with Crippen molar-refractivity contribution in [2.75, 3.05) is 25.0 Å². The fourth-order valence-electron chi connectivity index (χ4n) is 1.92. The first-order valence-electron chi connectivity index (χ1n) is 6.12. The molecule has 2 N–H and O–H groups in total. The molecule has 0 unspecified atom stereocenters. The molecule has 0 aromatic heterocycles. The summed E-state index contributed by atoms with van der Waals surface area (Å²) in [6.45, 7) is 1.69. The number of benzene rings is 1. The molecule has 98 valence electrons. The zero-order chi connectivity index (χ0) is 12.8. The van der Waals surface area contributed by atoms with Crippen molar-refractivity contribution in [2.24, 2.45) is 0 Å². The molecule has 0 radical (unpaired) electrons. The smallest absolute Gasteiger partial charge is 0.238 e. The summed E-state index contributed by atoms with van der Waals surface area (Å²) in [6.07, 6.45) is 2.34. The summed E-state index contributed by atoms with van der Waals surface area (Å²) in [4.78, 5) is 11.6. The molecule has 1 heterocycles. The van der Waals surface area contributed by atoms with E-state index in [2.05, 4.69) is 10.6 Å². The molecule has 1 aliphatic rings. The van der Waals surface area contributed by atoms with Crippen molar-refractivity contribution in [3.63, 3.8) is 0 Å². The predicted octanol–water partition coefficient (Wildman–Crippen LogP) is 1.53. The fraction of sp³-hybridized carbons (Fsp3) is 0.462. The first kappa shape index (κ1) is 13.0. The molecule has 0 aliphatic carbocycles. The topological polar surface area (TPSA) is 50.4 Å². The minimum absolute atomic E-state index is 0.182. The number of hydrogen-bond acceptors (Lipinski definition) is 3. The molecule has 0 saturated carbocycles. The first-order chi connectivity index (χ1) is 8.74. The van der Waals surface area contributed by atoms with Gasteiger partial charge in [-0.05, 0) is 31.0 Å². The Morgan fingerprint density at radius 3 is 3.11 bits per heavy atom. The molecule has 4 nitrogen and oxygen atoms in total. The number of carbonyl (C=O) groups is 1. The molecule has 1 saturated heterocycles. The van der Waals surface area contributed by atoms with Crippen molar-refractivity contribution >= 4 is 11.6 Å². The van der Waals surface area contributed by atoms with Gasteiger partial charge in [-0.2, -0.15) is 0 Å². The van der Waals surface area contributed by atoms with Gasteiger partial charge >= 0.3 is 0 Å². The van der Waals surface area contributed by atoms with Gasteiger partial charge in [0.05, 0.1) is 12.6 Å². The van der Waals surface area contributed by atoms with E-state index in [1.165, 1.54) is 12.1 Å². The van der Waals surface area contributed by atoms with Gasteiger partial charge in [-0.1, -0.05) is 6.07 Å². The minimum Gasteiger partial charge on any atom is -0.377 e. The number of nitrogens with one attached hydrogen (secondary N) is 2. The van der Waals surface area contributed by atoms with Crippen LogP contribution in [0.1, 0.15) is 12.8 Å². The Balaban J connectivity index is 1.68. The summed E-state index contributed by atoms with van der Waals surface area (Å²) in [5.41, 5.74) is 0.471. The molecular weight excluding hydrogens is 235 g/mol. The summed E-state index contributed by atoms with van der Waals surface area (Å²) in [6, 6.07) is 5.84. The van der Waals surface area contributed by atoms with Crippen LogP contribution in [0.3, 0.4) is 0 Å². The highest BCUT2D eigenvalue weighted by molar-refractivity contribution is 5.92. The van der Waals surface area contributed by atoms with E-state index in [0.717, 1.165) is 19.4 Å². The van der Waals surface area contributed by atoms with Gasteiger partial charge in [-0.25, -0.2) is 4.39 Å². The Kier molecular flexibility index (Phi) is 4.66. The monoisotopic (exact) mass is 252 g/mol. The maximum absolute atomic E-state index is 12.9. The van der Waals surface area contributed by atoms with Crippen molar-refractivity contribution in [2.45, 2.75) is 18.9 Å². The lowest BCUT2D eigenvalue weighted by atomic mass is 10.2. The van der Waals surface area contributed by atoms with Gasteiger partial charge in [0.2, 0.25) is 5.91 Å². The highest BCUT2D eigenvalue weighted by Gasteiger charge is 2.15. The number of anilines is 1. The van der Waals surface area contributed by atoms with Crippen LogP contribution < -0.4 is 10.6 Å². The van der Waals surface area contributed by atoms with E-state index in [0.29, 0.717) is 12.2 Å². The molecule has 5 heteroatoms. The highest BCUT2D eigenvalue weighted by Crippen LogP contribution is 2.10. The molecule has 0 bridgehead atoms. The van der Waals surface area contributed by atoms with Gasteiger partial charge in [-0.3, -0.25) is 4.79 Å². The predicted molar refractivity (Wildman–Crippen MR) is 66.9 cm³/mol. The van der Waals surface area contributed by atoms with Crippen molar-refractivity contribution in [1.29, 1.82) is 0 Å². The molecule has 1 aliphatic heterocycles.